The van der Waals surface area contributed by atoms with Gasteiger partial charge in [-0.2, -0.15) is 0 Å². The van der Waals surface area contributed by atoms with Crippen LogP contribution < -0.4 is 5.32 Å². The lowest BCUT2D eigenvalue weighted by Gasteiger charge is -2.07. The fraction of sp³-hybridized carbons (Fsp3) is 0.154. The van der Waals surface area contributed by atoms with E-state index >= 15 is 0 Å². The molecule has 1 aromatic heterocycles. The average Bonchev–Trinajstić information content (AvgIpc) is 2.31. The van der Waals surface area contributed by atoms with E-state index in [1.54, 1.807) is 6.07 Å². The Morgan fingerprint density at radius 3 is 2.82 bits per heavy atom. The van der Waals surface area contributed by atoms with Crippen molar-refractivity contribution in [3.8, 4) is 0 Å². The molecule has 17 heavy (non-hydrogen) atoms. The lowest BCUT2D eigenvalue weighted by molar-refractivity contribution is 0.628. The molecule has 0 radical (unpaired) electrons. The number of nitrogens with zero attached hydrogens (tertiary/aromatic N) is 1. The van der Waals surface area contributed by atoms with E-state index in [0.29, 0.717) is 12.2 Å². The number of benzene rings is 1. The van der Waals surface area contributed by atoms with Gasteiger partial charge in [-0.3, -0.25) is 4.98 Å². The summed E-state index contributed by atoms with van der Waals surface area (Å²) >= 11 is 5.60. The highest BCUT2D eigenvalue weighted by atomic mass is 35.5. The molecule has 0 saturated heterocycles. The molecular formula is C13H12ClFN2. The minimum absolute atomic E-state index is 0.129. The SMILES string of the molecule is Cc1cccc(CNc2ccc(Cl)c(F)c2)n1. The van der Waals surface area contributed by atoms with Crippen LogP contribution in [0.25, 0.3) is 0 Å². The molecule has 0 fully saturated rings. The molecular weight excluding hydrogens is 239 g/mol. The molecule has 0 atom stereocenters. The monoisotopic (exact) mass is 250 g/mol. The predicted octanol–water partition coefficient (Wildman–Crippen LogP) is 3.79. The van der Waals surface area contributed by atoms with Crippen LogP contribution in [0.5, 0.6) is 0 Å². The quantitative estimate of drug-likeness (QED) is 0.896. The predicted molar refractivity (Wildman–Crippen MR) is 67.7 cm³/mol. The Labute approximate surface area is 104 Å². The van der Waals surface area contributed by atoms with E-state index in [1.165, 1.54) is 12.1 Å². The van der Waals surface area contributed by atoms with E-state index in [9.17, 15) is 4.39 Å². The fourth-order valence-corrected chi connectivity index (χ4v) is 1.61. The molecule has 2 nitrogen and oxygen atoms in total. The van der Waals surface area contributed by atoms with Gasteiger partial charge in [0.2, 0.25) is 0 Å². The van der Waals surface area contributed by atoms with Crippen LogP contribution in [0.15, 0.2) is 36.4 Å². The van der Waals surface area contributed by atoms with Crippen LogP contribution in [-0.4, -0.2) is 4.98 Å². The molecule has 0 saturated carbocycles. The van der Waals surface area contributed by atoms with Crippen molar-refractivity contribution in [3.63, 3.8) is 0 Å². The van der Waals surface area contributed by atoms with Crippen molar-refractivity contribution in [1.29, 1.82) is 0 Å². The van der Waals surface area contributed by atoms with Gasteiger partial charge in [0.05, 0.1) is 17.3 Å². The maximum atomic E-state index is 13.2. The average molecular weight is 251 g/mol. The molecule has 88 valence electrons. The van der Waals surface area contributed by atoms with E-state index in [4.69, 9.17) is 11.6 Å². The molecule has 0 amide bonds. The maximum Gasteiger partial charge on any atom is 0.143 e. The zero-order valence-corrected chi connectivity index (χ0v) is 10.1. The van der Waals surface area contributed by atoms with Gasteiger partial charge in [0, 0.05) is 11.4 Å². The molecule has 0 aliphatic carbocycles. The highest BCUT2D eigenvalue weighted by Gasteiger charge is 2.01. The third-order valence-electron chi connectivity index (χ3n) is 2.34. The molecule has 1 aromatic carbocycles. The number of hydrogen-bond acceptors (Lipinski definition) is 2. The Bertz CT molecular complexity index is 529. The molecule has 0 aliphatic rings. The van der Waals surface area contributed by atoms with Gasteiger partial charge in [0.1, 0.15) is 5.82 Å². The normalized spacial score (nSPS) is 10.3. The topological polar surface area (TPSA) is 24.9 Å². The van der Waals surface area contributed by atoms with Gasteiger partial charge >= 0.3 is 0 Å². The first-order chi connectivity index (χ1) is 8.15. The summed E-state index contributed by atoms with van der Waals surface area (Å²) in [6, 6.07) is 10.4. The van der Waals surface area contributed by atoms with Crippen molar-refractivity contribution >= 4 is 17.3 Å². The fourth-order valence-electron chi connectivity index (χ4n) is 1.50. The van der Waals surface area contributed by atoms with Crippen LogP contribution in [0.3, 0.4) is 0 Å². The van der Waals surface area contributed by atoms with Crippen molar-refractivity contribution in [1.82, 2.24) is 4.98 Å². The summed E-state index contributed by atoms with van der Waals surface area (Å²) in [4.78, 5) is 4.35. The lowest BCUT2D eigenvalue weighted by atomic mass is 10.3. The molecule has 0 aliphatic heterocycles. The molecule has 1 heterocycles. The zero-order valence-electron chi connectivity index (χ0n) is 9.37. The standard InChI is InChI=1S/C13H12ClFN2/c1-9-3-2-4-11(17-9)8-16-10-5-6-12(14)13(15)7-10/h2-7,16H,8H2,1H3. The van der Waals surface area contributed by atoms with Crippen LogP contribution in [0.2, 0.25) is 5.02 Å². The van der Waals surface area contributed by atoms with Crippen LogP contribution in [0, 0.1) is 12.7 Å². The smallest absolute Gasteiger partial charge is 0.143 e. The Morgan fingerprint density at radius 2 is 2.12 bits per heavy atom. The van der Waals surface area contributed by atoms with Crippen molar-refractivity contribution < 1.29 is 4.39 Å². The van der Waals surface area contributed by atoms with Gasteiger partial charge in [0.25, 0.3) is 0 Å². The minimum Gasteiger partial charge on any atom is -0.379 e. The largest absolute Gasteiger partial charge is 0.379 e. The third kappa shape index (κ3) is 3.17. The van der Waals surface area contributed by atoms with Gasteiger partial charge in [-0.25, -0.2) is 4.39 Å². The number of anilines is 1. The number of aromatic nitrogens is 1. The molecule has 2 rings (SSSR count). The molecule has 1 N–H and O–H groups in total. The number of hydrogen-bond donors (Lipinski definition) is 1. The number of aryl methyl sites for hydroxylation is 1. The maximum absolute atomic E-state index is 13.2. The Hall–Kier alpha value is -1.61. The van der Waals surface area contributed by atoms with Crippen LogP contribution in [-0.2, 0) is 6.54 Å². The summed E-state index contributed by atoms with van der Waals surface area (Å²) in [5.41, 5.74) is 2.57. The number of pyridine rings is 1. The van der Waals surface area contributed by atoms with Gasteiger partial charge in [-0.15, -0.1) is 0 Å². The van der Waals surface area contributed by atoms with Gasteiger partial charge in [-0.05, 0) is 37.3 Å². The van der Waals surface area contributed by atoms with Crippen LogP contribution in [0.4, 0.5) is 10.1 Å². The molecule has 0 spiro atoms. The molecule has 4 heteroatoms. The number of nitrogens with one attached hydrogen (secondary N) is 1. The van der Waals surface area contributed by atoms with Gasteiger partial charge < -0.3 is 5.32 Å². The van der Waals surface area contributed by atoms with Crippen molar-refractivity contribution in [2.24, 2.45) is 0 Å². The first-order valence-corrected chi connectivity index (χ1v) is 5.64. The molecule has 0 unspecified atom stereocenters. The number of halogens is 2. The highest BCUT2D eigenvalue weighted by molar-refractivity contribution is 6.30. The second-order valence-corrected chi connectivity index (χ2v) is 4.16. The summed E-state index contributed by atoms with van der Waals surface area (Å²) in [6.45, 7) is 2.49. The van der Waals surface area contributed by atoms with Crippen molar-refractivity contribution in [2.75, 3.05) is 5.32 Å². The first-order valence-electron chi connectivity index (χ1n) is 5.26. The second kappa shape index (κ2) is 5.15. The van der Waals surface area contributed by atoms with Gasteiger partial charge in [0.15, 0.2) is 0 Å². The highest BCUT2D eigenvalue weighted by Crippen LogP contribution is 2.19. The zero-order chi connectivity index (χ0) is 12.3. The van der Waals surface area contributed by atoms with E-state index in [0.717, 1.165) is 11.4 Å². The van der Waals surface area contributed by atoms with Crippen LogP contribution >= 0.6 is 11.6 Å². The summed E-state index contributed by atoms with van der Waals surface area (Å²) in [7, 11) is 0. The Balaban J connectivity index is 2.05. The van der Waals surface area contributed by atoms with E-state index < -0.39 is 5.82 Å². The van der Waals surface area contributed by atoms with Crippen molar-refractivity contribution in [3.05, 3.63) is 58.6 Å². The Kier molecular flexibility index (Phi) is 3.59. The summed E-state index contributed by atoms with van der Waals surface area (Å²) in [6.07, 6.45) is 0. The number of rotatable bonds is 3. The van der Waals surface area contributed by atoms with Crippen molar-refractivity contribution in [2.45, 2.75) is 13.5 Å². The van der Waals surface area contributed by atoms with E-state index in [-0.39, 0.29) is 5.02 Å². The first kappa shape index (κ1) is 11.9. The van der Waals surface area contributed by atoms with Gasteiger partial charge in [-0.1, -0.05) is 17.7 Å². The molecule has 2 aromatic rings. The molecule has 0 bridgehead atoms. The second-order valence-electron chi connectivity index (χ2n) is 3.75. The summed E-state index contributed by atoms with van der Waals surface area (Å²) in [5, 5.41) is 3.22. The lowest BCUT2D eigenvalue weighted by Crippen LogP contribution is -2.02. The third-order valence-corrected chi connectivity index (χ3v) is 2.65. The Morgan fingerprint density at radius 1 is 1.29 bits per heavy atom. The summed E-state index contributed by atoms with van der Waals surface area (Å²) in [5.74, 6) is -0.422. The van der Waals surface area contributed by atoms with E-state index in [2.05, 4.69) is 10.3 Å². The minimum atomic E-state index is -0.422. The summed E-state index contributed by atoms with van der Waals surface area (Å²) < 4.78 is 13.2. The van der Waals surface area contributed by atoms with Crippen LogP contribution in [0.1, 0.15) is 11.4 Å². The van der Waals surface area contributed by atoms with E-state index in [1.807, 2.05) is 25.1 Å².